The van der Waals surface area contributed by atoms with Gasteiger partial charge in [-0.3, -0.25) is 0 Å². The highest BCUT2D eigenvalue weighted by Gasteiger charge is 1.97. The molecular formula is C16H34N2O4. The molecule has 0 bridgehead atoms. The molecule has 4 N–H and O–H groups in total. The maximum absolute atomic E-state index is 9.41. The summed E-state index contributed by atoms with van der Waals surface area (Å²) in [4.78, 5) is 18.8. The number of aliphatic carboxylic acids is 2. The molecule has 0 aromatic rings. The van der Waals surface area contributed by atoms with E-state index in [2.05, 4.69) is 66.0 Å². The minimum Gasteiger partial charge on any atom is -0.545 e. The number of rotatable bonds is 6. The molecule has 0 aliphatic heterocycles. The molecule has 0 saturated carbocycles. The number of nitrogens with two attached hydrogens (primary N) is 2. The van der Waals surface area contributed by atoms with Crippen molar-refractivity contribution in [3.63, 3.8) is 0 Å². The van der Waals surface area contributed by atoms with E-state index < -0.39 is 11.9 Å². The number of hydrogen-bond acceptors (Lipinski definition) is 4. The Morgan fingerprint density at radius 2 is 0.818 bits per heavy atom. The molecule has 0 fully saturated rings. The van der Waals surface area contributed by atoms with Gasteiger partial charge in [0.15, 0.2) is 0 Å². The Balaban J connectivity index is -0.000000247. The molecule has 0 radical (unpaired) electrons. The molecule has 0 unspecified atom stereocenters. The smallest absolute Gasteiger partial charge is 0.0803 e. The molecule has 132 valence electrons. The predicted octanol–water partition coefficient (Wildman–Crippen LogP) is -2.22. The summed E-state index contributed by atoms with van der Waals surface area (Å²) in [5.74, 6) is -3.09. The molecule has 0 aromatic heterocycles. The van der Waals surface area contributed by atoms with E-state index in [1.54, 1.807) is 0 Å². The minimum atomic E-state index is -1.55. The summed E-state index contributed by atoms with van der Waals surface area (Å²) in [6, 6.07) is 3.00. The van der Waals surface area contributed by atoms with Crippen LogP contribution in [-0.2, 0) is 9.59 Å². The summed E-state index contributed by atoms with van der Waals surface area (Å²) in [7, 11) is 0. The topological polar surface area (TPSA) is 113 Å². The third-order valence-electron chi connectivity index (χ3n) is 1.90. The van der Waals surface area contributed by atoms with Gasteiger partial charge in [-0.2, -0.15) is 0 Å². The average molecular weight is 318 g/mol. The van der Waals surface area contributed by atoms with E-state index in [0.717, 1.165) is 24.2 Å². The van der Waals surface area contributed by atoms with Crippen molar-refractivity contribution < 1.29 is 30.4 Å². The minimum absolute atomic E-state index is 0.384. The van der Waals surface area contributed by atoms with Crippen molar-refractivity contribution in [2.45, 2.75) is 79.6 Å². The van der Waals surface area contributed by atoms with Gasteiger partial charge in [-0.15, -0.1) is 0 Å². The van der Waals surface area contributed by atoms with Crippen LogP contribution in [-0.4, -0.2) is 36.1 Å². The Bertz CT molecular complexity index is 269. The first-order valence-corrected chi connectivity index (χ1v) is 7.68. The van der Waals surface area contributed by atoms with Gasteiger partial charge in [-0.1, -0.05) is 0 Å². The summed E-state index contributed by atoms with van der Waals surface area (Å²) >= 11 is 0. The molecule has 0 rings (SSSR count). The zero-order valence-electron chi connectivity index (χ0n) is 15.3. The van der Waals surface area contributed by atoms with E-state index in [1.807, 2.05) is 0 Å². The Hall–Kier alpha value is -1.40. The number of quaternary nitrogens is 2. The fourth-order valence-corrected chi connectivity index (χ4v) is 1.68. The van der Waals surface area contributed by atoms with Crippen LogP contribution >= 0.6 is 0 Å². The summed E-state index contributed by atoms with van der Waals surface area (Å²) in [6.45, 7) is 17.7. The van der Waals surface area contributed by atoms with Crippen molar-refractivity contribution in [1.29, 1.82) is 0 Å². The summed E-state index contributed by atoms with van der Waals surface area (Å²) < 4.78 is 0. The lowest BCUT2D eigenvalue weighted by atomic mass is 10.3. The summed E-state index contributed by atoms with van der Waals surface area (Å²) in [6.07, 6.45) is 0.769. The number of carbonyl (C=O) groups excluding carboxylic acids is 2. The number of carbonyl (C=O) groups is 2. The molecule has 0 aromatic carbocycles. The molecule has 0 saturated heterocycles. The Kier molecular flexibility index (Phi) is 18.6. The molecule has 0 heterocycles. The van der Waals surface area contributed by atoms with E-state index in [-0.39, 0.29) is 0 Å². The van der Waals surface area contributed by atoms with Crippen LogP contribution in [0.15, 0.2) is 12.2 Å². The van der Waals surface area contributed by atoms with Gasteiger partial charge in [0.25, 0.3) is 0 Å². The zero-order chi connectivity index (χ0) is 18.3. The molecular weight excluding hydrogens is 284 g/mol. The van der Waals surface area contributed by atoms with Gasteiger partial charge >= 0.3 is 0 Å². The van der Waals surface area contributed by atoms with E-state index in [1.165, 1.54) is 0 Å². The van der Waals surface area contributed by atoms with Gasteiger partial charge in [0.2, 0.25) is 0 Å². The van der Waals surface area contributed by atoms with Crippen molar-refractivity contribution in [2.24, 2.45) is 0 Å². The van der Waals surface area contributed by atoms with E-state index in [0.29, 0.717) is 12.2 Å². The van der Waals surface area contributed by atoms with Crippen LogP contribution in [0.2, 0.25) is 0 Å². The maximum Gasteiger partial charge on any atom is 0.0803 e. The van der Waals surface area contributed by atoms with Crippen LogP contribution in [0.3, 0.4) is 0 Å². The van der Waals surface area contributed by atoms with Crippen molar-refractivity contribution in [2.75, 3.05) is 0 Å². The standard InChI is InChI=1S/2C6H15N.C4H4O4/c2*1-5(2)7-6(3)4;5-3(6)1-2-4(7)8/h2*5-7H,1-4H3;1-2H,(H,5,6)(H,7,8)/b;;2-1-. The van der Waals surface area contributed by atoms with Crippen LogP contribution in [0, 0.1) is 0 Å². The first-order valence-electron chi connectivity index (χ1n) is 7.68. The molecule has 22 heavy (non-hydrogen) atoms. The Morgan fingerprint density at radius 3 is 0.864 bits per heavy atom. The molecule has 0 aliphatic rings. The predicted molar refractivity (Wildman–Crippen MR) is 83.5 cm³/mol. The van der Waals surface area contributed by atoms with Gasteiger partial charge in [0.05, 0.1) is 36.1 Å². The largest absolute Gasteiger partial charge is 0.545 e. The fraction of sp³-hybridized carbons (Fsp3) is 0.750. The quantitative estimate of drug-likeness (QED) is 0.540. The van der Waals surface area contributed by atoms with Crippen molar-refractivity contribution in [3.8, 4) is 0 Å². The van der Waals surface area contributed by atoms with Crippen molar-refractivity contribution in [1.82, 2.24) is 0 Å². The highest BCUT2D eigenvalue weighted by molar-refractivity contribution is 5.87. The Morgan fingerprint density at radius 1 is 0.636 bits per heavy atom. The molecule has 6 heteroatoms. The first kappa shape index (κ1) is 25.5. The summed E-state index contributed by atoms with van der Waals surface area (Å²) in [5, 5.41) is 23.5. The SMILES string of the molecule is CC(C)[NH2+]C(C)C.CC(C)[NH2+]C(C)C.O=C([O-])/C=C\C(=O)[O-]. The van der Waals surface area contributed by atoms with Gasteiger partial charge in [0, 0.05) is 0 Å². The highest BCUT2D eigenvalue weighted by atomic mass is 16.4. The van der Waals surface area contributed by atoms with Gasteiger partial charge < -0.3 is 30.4 Å². The lowest BCUT2D eigenvalue weighted by molar-refractivity contribution is -0.709. The number of carboxylic acids is 2. The molecule has 0 amide bonds. The molecule has 0 atom stereocenters. The van der Waals surface area contributed by atoms with Crippen LogP contribution in [0.4, 0.5) is 0 Å². The van der Waals surface area contributed by atoms with E-state index in [4.69, 9.17) is 0 Å². The maximum atomic E-state index is 9.41. The van der Waals surface area contributed by atoms with Crippen LogP contribution in [0.25, 0.3) is 0 Å². The molecule has 0 aliphatic carbocycles. The van der Waals surface area contributed by atoms with Crippen LogP contribution in [0.1, 0.15) is 55.4 Å². The highest BCUT2D eigenvalue weighted by Crippen LogP contribution is 1.68. The third-order valence-corrected chi connectivity index (χ3v) is 1.90. The fourth-order valence-electron chi connectivity index (χ4n) is 1.68. The average Bonchev–Trinajstić information content (AvgIpc) is 2.23. The van der Waals surface area contributed by atoms with Crippen LogP contribution in [0.5, 0.6) is 0 Å². The van der Waals surface area contributed by atoms with E-state index in [9.17, 15) is 19.8 Å². The van der Waals surface area contributed by atoms with E-state index >= 15 is 0 Å². The number of carboxylic acid groups (broad SMARTS) is 2. The monoisotopic (exact) mass is 318 g/mol. The first-order chi connectivity index (χ1) is 9.88. The second-order valence-corrected chi connectivity index (χ2v) is 6.33. The normalized spacial score (nSPS) is 10.5. The molecule has 0 spiro atoms. The number of hydrogen-bond donors (Lipinski definition) is 2. The van der Waals surface area contributed by atoms with Gasteiger partial charge in [-0.25, -0.2) is 0 Å². The van der Waals surface area contributed by atoms with Crippen LogP contribution < -0.4 is 20.8 Å². The second-order valence-electron chi connectivity index (χ2n) is 6.33. The van der Waals surface area contributed by atoms with Gasteiger partial charge in [-0.05, 0) is 67.5 Å². The summed E-state index contributed by atoms with van der Waals surface area (Å²) in [5.41, 5.74) is 0. The second kappa shape index (κ2) is 16.0. The lowest BCUT2D eigenvalue weighted by Gasteiger charge is -2.06. The van der Waals surface area contributed by atoms with Gasteiger partial charge in [0.1, 0.15) is 0 Å². The molecule has 6 nitrogen and oxygen atoms in total. The van der Waals surface area contributed by atoms with Crippen molar-refractivity contribution in [3.05, 3.63) is 12.2 Å². The Labute approximate surface area is 135 Å². The lowest BCUT2D eigenvalue weighted by Crippen LogP contribution is -2.92. The third kappa shape index (κ3) is 42.8. The zero-order valence-corrected chi connectivity index (χ0v) is 15.3. The van der Waals surface area contributed by atoms with Crippen molar-refractivity contribution >= 4 is 11.9 Å².